The molecule has 0 aliphatic heterocycles. The van der Waals surface area contributed by atoms with Gasteiger partial charge in [0.25, 0.3) is 5.69 Å². The number of anilines is 3. The molecule has 0 saturated carbocycles. The molecule has 2 rings (SSSR count). The zero-order valence-corrected chi connectivity index (χ0v) is 12.1. The Balaban J connectivity index is 2.14. The molecule has 8 nitrogen and oxygen atoms in total. The van der Waals surface area contributed by atoms with Crippen molar-refractivity contribution in [3.63, 3.8) is 0 Å². The van der Waals surface area contributed by atoms with Crippen molar-refractivity contribution in [2.75, 3.05) is 23.8 Å². The van der Waals surface area contributed by atoms with Crippen LogP contribution in [0.4, 0.5) is 23.0 Å². The molecule has 0 bridgehead atoms. The number of hydrogen-bond acceptors (Lipinski definition) is 8. The van der Waals surface area contributed by atoms with Gasteiger partial charge in [-0.25, -0.2) is 9.97 Å². The van der Waals surface area contributed by atoms with E-state index in [1.807, 2.05) is 0 Å². The Bertz CT molecular complexity index is 659. The molecule has 0 aliphatic carbocycles. The summed E-state index contributed by atoms with van der Waals surface area (Å²) >= 11 is 1.36. The lowest BCUT2D eigenvalue weighted by Crippen LogP contribution is -2.00. The number of nitrogens with two attached hydrogens (primary N) is 2. The number of nitrogen functional groups attached to an aromatic ring is 2. The van der Waals surface area contributed by atoms with Gasteiger partial charge in [-0.15, -0.1) is 0 Å². The van der Waals surface area contributed by atoms with Crippen LogP contribution in [0.2, 0.25) is 0 Å². The van der Waals surface area contributed by atoms with Gasteiger partial charge in [0.2, 0.25) is 0 Å². The van der Waals surface area contributed by atoms with E-state index in [2.05, 4.69) is 15.3 Å². The van der Waals surface area contributed by atoms with Gasteiger partial charge >= 0.3 is 0 Å². The fourth-order valence-corrected chi connectivity index (χ4v) is 2.52. The van der Waals surface area contributed by atoms with E-state index in [1.165, 1.54) is 23.9 Å². The Labute approximate surface area is 125 Å². The monoisotopic (exact) mass is 306 g/mol. The standard InChI is InChI=1S/C12H14N6O2S/c1-15-8-4-7(2-3-9(8)18(19)20)6-21-12-16-10(13)5-11(14)17-12/h2-5,15H,6H2,1H3,(H4,13,14,16,17). The van der Waals surface area contributed by atoms with Crippen LogP contribution in [-0.4, -0.2) is 21.9 Å². The van der Waals surface area contributed by atoms with Gasteiger partial charge in [0.15, 0.2) is 5.16 Å². The van der Waals surface area contributed by atoms with Crippen LogP contribution in [0.3, 0.4) is 0 Å². The average molecular weight is 306 g/mol. The van der Waals surface area contributed by atoms with Gasteiger partial charge in [0.05, 0.1) is 4.92 Å². The number of thioether (sulfide) groups is 1. The van der Waals surface area contributed by atoms with E-state index < -0.39 is 4.92 Å². The molecule has 5 N–H and O–H groups in total. The summed E-state index contributed by atoms with van der Waals surface area (Å²) in [6.45, 7) is 0. The van der Waals surface area contributed by atoms with Gasteiger partial charge in [-0.2, -0.15) is 0 Å². The molecule has 0 saturated heterocycles. The number of nitrogens with zero attached hydrogens (tertiary/aromatic N) is 3. The SMILES string of the molecule is CNc1cc(CSc2nc(N)cc(N)n2)ccc1[N+](=O)[O-]. The number of nitro groups is 1. The van der Waals surface area contributed by atoms with Crippen molar-refractivity contribution in [2.24, 2.45) is 0 Å². The Morgan fingerprint density at radius 1 is 1.29 bits per heavy atom. The molecule has 1 aromatic heterocycles. The fraction of sp³-hybridized carbons (Fsp3) is 0.167. The smallest absolute Gasteiger partial charge is 0.292 e. The first-order valence-corrected chi connectivity index (χ1v) is 6.96. The Morgan fingerprint density at radius 3 is 2.52 bits per heavy atom. The molecular formula is C12H14N6O2S. The highest BCUT2D eigenvalue weighted by Crippen LogP contribution is 2.28. The summed E-state index contributed by atoms with van der Waals surface area (Å²) in [5.41, 5.74) is 12.6. The third-order valence-electron chi connectivity index (χ3n) is 2.64. The third-order valence-corrected chi connectivity index (χ3v) is 3.56. The lowest BCUT2D eigenvalue weighted by atomic mass is 10.2. The van der Waals surface area contributed by atoms with Gasteiger partial charge < -0.3 is 16.8 Å². The van der Waals surface area contributed by atoms with Gasteiger partial charge in [0.1, 0.15) is 17.3 Å². The molecule has 0 unspecified atom stereocenters. The molecule has 110 valence electrons. The molecule has 0 aliphatic rings. The predicted molar refractivity (Wildman–Crippen MR) is 83.1 cm³/mol. The summed E-state index contributed by atoms with van der Waals surface area (Å²) in [6.07, 6.45) is 0. The van der Waals surface area contributed by atoms with Crippen LogP contribution in [0.15, 0.2) is 29.4 Å². The second-order valence-electron chi connectivity index (χ2n) is 4.15. The highest BCUT2D eigenvalue weighted by Gasteiger charge is 2.13. The van der Waals surface area contributed by atoms with E-state index >= 15 is 0 Å². The van der Waals surface area contributed by atoms with Crippen molar-refractivity contribution < 1.29 is 4.92 Å². The van der Waals surface area contributed by atoms with Crippen LogP contribution in [0.25, 0.3) is 0 Å². The molecule has 1 heterocycles. The Morgan fingerprint density at radius 2 is 1.95 bits per heavy atom. The average Bonchev–Trinajstić information content (AvgIpc) is 2.43. The topological polar surface area (TPSA) is 133 Å². The molecule has 0 fully saturated rings. The molecule has 0 atom stereocenters. The van der Waals surface area contributed by atoms with Gasteiger partial charge in [-0.1, -0.05) is 17.8 Å². The summed E-state index contributed by atoms with van der Waals surface area (Å²) in [6, 6.07) is 6.37. The van der Waals surface area contributed by atoms with E-state index in [-0.39, 0.29) is 5.69 Å². The second kappa shape index (κ2) is 6.27. The number of hydrogen-bond donors (Lipinski definition) is 3. The first-order valence-electron chi connectivity index (χ1n) is 5.97. The number of rotatable bonds is 5. The number of nitrogens with one attached hydrogen (secondary N) is 1. The van der Waals surface area contributed by atoms with Crippen LogP contribution in [0, 0.1) is 10.1 Å². The number of nitro benzene ring substituents is 1. The number of aromatic nitrogens is 2. The summed E-state index contributed by atoms with van der Waals surface area (Å²) < 4.78 is 0. The summed E-state index contributed by atoms with van der Waals surface area (Å²) in [5.74, 6) is 1.17. The van der Waals surface area contributed by atoms with Crippen molar-refractivity contribution in [3.8, 4) is 0 Å². The normalized spacial score (nSPS) is 10.3. The Hall–Kier alpha value is -2.55. The molecule has 9 heteroatoms. The van der Waals surface area contributed by atoms with E-state index in [0.29, 0.717) is 28.2 Å². The van der Waals surface area contributed by atoms with Crippen LogP contribution in [-0.2, 0) is 5.75 Å². The minimum Gasteiger partial charge on any atom is -0.383 e. The van der Waals surface area contributed by atoms with Crippen molar-refractivity contribution in [1.29, 1.82) is 0 Å². The van der Waals surface area contributed by atoms with Crippen molar-refractivity contribution >= 4 is 34.8 Å². The number of benzene rings is 1. The molecular weight excluding hydrogens is 292 g/mol. The van der Waals surface area contributed by atoms with Crippen LogP contribution < -0.4 is 16.8 Å². The fourth-order valence-electron chi connectivity index (χ4n) is 1.71. The van der Waals surface area contributed by atoms with Crippen LogP contribution >= 0.6 is 11.8 Å². The quantitative estimate of drug-likeness (QED) is 0.330. The zero-order valence-electron chi connectivity index (χ0n) is 11.2. The maximum atomic E-state index is 10.9. The third kappa shape index (κ3) is 3.72. The molecule has 0 spiro atoms. The first-order chi connectivity index (χ1) is 9.99. The molecule has 21 heavy (non-hydrogen) atoms. The lowest BCUT2D eigenvalue weighted by Gasteiger charge is -2.06. The molecule has 0 radical (unpaired) electrons. The first kappa shape index (κ1) is 14.9. The predicted octanol–water partition coefficient (Wildman–Crippen LogP) is 1.88. The van der Waals surface area contributed by atoms with Gasteiger partial charge in [0, 0.05) is 24.9 Å². The van der Waals surface area contributed by atoms with E-state index in [1.54, 1.807) is 19.2 Å². The summed E-state index contributed by atoms with van der Waals surface area (Å²) in [7, 11) is 1.64. The lowest BCUT2D eigenvalue weighted by molar-refractivity contribution is -0.383. The van der Waals surface area contributed by atoms with Crippen LogP contribution in [0.1, 0.15) is 5.56 Å². The van der Waals surface area contributed by atoms with Gasteiger partial charge in [-0.3, -0.25) is 10.1 Å². The van der Waals surface area contributed by atoms with Gasteiger partial charge in [-0.05, 0) is 11.6 Å². The minimum absolute atomic E-state index is 0.0377. The van der Waals surface area contributed by atoms with Crippen LogP contribution in [0.5, 0.6) is 0 Å². The minimum atomic E-state index is -0.426. The van der Waals surface area contributed by atoms with Crippen molar-refractivity contribution in [3.05, 3.63) is 39.9 Å². The largest absolute Gasteiger partial charge is 0.383 e. The molecule has 0 amide bonds. The molecule has 2 aromatic rings. The Kier molecular flexibility index (Phi) is 4.43. The van der Waals surface area contributed by atoms with Crippen molar-refractivity contribution in [1.82, 2.24) is 9.97 Å². The summed E-state index contributed by atoms with van der Waals surface area (Å²) in [5, 5.41) is 14.1. The van der Waals surface area contributed by atoms with E-state index in [9.17, 15) is 10.1 Å². The highest BCUT2D eigenvalue weighted by molar-refractivity contribution is 7.98. The highest BCUT2D eigenvalue weighted by atomic mass is 32.2. The van der Waals surface area contributed by atoms with Crippen molar-refractivity contribution in [2.45, 2.75) is 10.9 Å². The maximum absolute atomic E-state index is 10.9. The summed E-state index contributed by atoms with van der Waals surface area (Å²) in [4.78, 5) is 18.6. The maximum Gasteiger partial charge on any atom is 0.292 e. The van der Waals surface area contributed by atoms with E-state index in [0.717, 1.165) is 5.56 Å². The zero-order chi connectivity index (χ0) is 15.4. The second-order valence-corrected chi connectivity index (χ2v) is 5.09. The van der Waals surface area contributed by atoms with E-state index in [4.69, 9.17) is 11.5 Å². The molecule has 1 aromatic carbocycles.